The molecule has 0 aliphatic carbocycles. The van der Waals surface area contributed by atoms with Crippen molar-refractivity contribution >= 4 is 22.4 Å². The number of halogens is 1. The number of rotatable bonds is 5. The van der Waals surface area contributed by atoms with Crippen LogP contribution in [-0.4, -0.2) is 51.7 Å². The van der Waals surface area contributed by atoms with Crippen LogP contribution in [0.3, 0.4) is 0 Å². The molecule has 1 aromatic carbocycles. The third-order valence-corrected chi connectivity index (χ3v) is 4.98. The Hall–Kier alpha value is -0.860. The van der Waals surface area contributed by atoms with Crippen molar-refractivity contribution in [2.45, 2.75) is 17.9 Å². The Morgan fingerprint density at radius 2 is 2.24 bits per heavy atom. The van der Waals surface area contributed by atoms with E-state index in [1.54, 1.807) is 24.3 Å². The molecule has 1 unspecified atom stereocenters. The van der Waals surface area contributed by atoms with Gasteiger partial charge in [0.1, 0.15) is 5.75 Å². The average Bonchev–Trinajstić information content (AvgIpc) is 2.48. The van der Waals surface area contributed by atoms with Gasteiger partial charge < -0.3 is 15.2 Å². The summed E-state index contributed by atoms with van der Waals surface area (Å²) in [7, 11) is -3.53. The third kappa shape index (κ3) is 4.31. The van der Waals surface area contributed by atoms with Crippen LogP contribution in [0.25, 0.3) is 0 Å². The van der Waals surface area contributed by atoms with Crippen LogP contribution in [0.5, 0.6) is 5.75 Å². The Kier molecular flexibility index (Phi) is 6.89. The number of ether oxygens (including phenoxy) is 2. The molecule has 1 atom stereocenters. The van der Waals surface area contributed by atoms with Crippen molar-refractivity contribution in [2.24, 2.45) is 5.73 Å². The highest BCUT2D eigenvalue weighted by molar-refractivity contribution is 7.89. The minimum Gasteiger partial charge on any atom is -0.494 e. The lowest BCUT2D eigenvalue weighted by Gasteiger charge is -2.31. The normalized spacial score (nSPS) is 19.8. The molecule has 0 bridgehead atoms. The van der Waals surface area contributed by atoms with Gasteiger partial charge in [0.2, 0.25) is 10.0 Å². The highest BCUT2D eigenvalue weighted by Crippen LogP contribution is 2.22. The zero-order valence-corrected chi connectivity index (χ0v) is 13.5. The third-order valence-electron chi connectivity index (χ3n) is 3.12. The maximum absolute atomic E-state index is 12.6. The molecule has 1 saturated heterocycles. The molecule has 1 fully saturated rings. The lowest BCUT2D eigenvalue weighted by molar-refractivity contribution is 0.00450. The van der Waals surface area contributed by atoms with Crippen LogP contribution in [0.2, 0.25) is 0 Å². The first kappa shape index (κ1) is 18.2. The fraction of sp³-hybridized carbons (Fsp3) is 0.538. The Morgan fingerprint density at radius 1 is 1.48 bits per heavy atom. The standard InChI is InChI=1S/C13H20N2O4S.ClH/c1-2-18-11-4-3-5-13(8-11)20(16,17)15-6-7-19-12(9-14)10-15;/h3-5,8,12H,2,6-7,9-10,14H2,1H3;1H. The molecule has 1 aromatic rings. The molecule has 1 heterocycles. The van der Waals surface area contributed by atoms with Crippen molar-refractivity contribution in [1.29, 1.82) is 0 Å². The highest BCUT2D eigenvalue weighted by Gasteiger charge is 2.30. The Balaban J connectivity index is 0.00000220. The van der Waals surface area contributed by atoms with E-state index >= 15 is 0 Å². The fourth-order valence-electron chi connectivity index (χ4n) is 2.09. The van der Waals surface area contributed by atoms with E-state index in [0.717, 1.165) is 0 Å². The van der Waals surface area contributed by atoms with Gasteiger partial charge in [-0.3, -0.25) is 0 Å². The van der Waals surface area contributed by atoms with Crippen molar-refractivity contribution in [3.63, 3.8) is 0 Å². The number of morpholine rings is 1. The Morgan fingerprint density at radius 3 is 2.90 bits per heavy atom. The van der Waals surface area contributed by atoms with Crippen LogP contribution < -0.4 is 10.5 Å². The molecule has 0 amide bonds. The molecule has 0 aromatic heterocycles. The molecule has 0 radical (unpaired) electrons. The summed E-state index contributed by atoms with van der Waals surface area (Å²) in [4.78, 5) is 0.237. The molecule has 2 N–H and O–H groups in total. The van der Waals surface area contributed by atoms with Crippen molar-refractivity contribution in [3.8, 4) is 5.75 Å². The number of hydrogen-bond acceptors (Lipinski definition) is 5. The van der Waals surface area contributed by atoms with Gasteiger partial charge in [0.25, 0.3) is 0 Å². The Labute approximate surface area is 131 Å². The van der Waals surface area contributed by atoms with E-state index in [9.17, 15) is 8.42 Å². The van der Waals surface area contributed by atoms with Crippen molar-refractivity contribution in [3.05, 3.63) is 24.3 Å². The Bertz CT molecular complexity index is 553. The fourth-order valence-corrected chi connectivity index (χ4v) is 3.58. The van der Waals surface area contributed by atoms with Gasteiger partial charge in [-0.1, -0.05) is 6.07 Å². The van der Waals surface area contributed by atoms with Crippen LogP contribution >= 0.6 is 12.4 Å². The zero-order chi connectivity index (χ0) is 14.6. The van der Waals surface area contributed by atoms with E-state index in [-0.39, 0.29) is 30.0 Å². The molecule has 21 heavy (non-hydrogen) atoms. The summed E-state index contributed by atoms with van der Waals surface area (Å²) in [6.07, 6.45) is -0.242. The molecular weight excluding hydrogens is 316 g/mol. The van der Waals surface area contributed by atoms with Gasteiger partial charge in [-0.2, -0.15) is 4.31 Å². The van der Waals surface area contributed by atoms with Crippen LogP contribution in [-0.2, 0) is 14.8 Å². The average molecular weight is 337 g/mol. The van der Waals surface area contributed by atoms with Crippen molar-refractivity contribution in [1.82, 2.24) is 4.31 Å². The molecule has 0 spiro atoms. The minimum atomic E-state index is -3.53. The summed E-state index contributed by atoms with van der Waals surface area (Å²) >= 11 is 0. The smallest absolute Gasteiger partial charge is 0.243 e. The maximum atomic E-state index is 12.6. The van der Waals surface area contributed by atoms with Crippen LogP contribution in [0.15, 0.2) is 29.2 Å². The van der Waals surface area contributed by atoms with E-state index in [1.165, 1.54) is 4.31 Å². The maximum Gasteiger partial charge on any atom is 0.243 e. The summed E-state index contributed by atoms with van der Waals surface area (Å²) in [6, 6.07) is 6.54. The molecule has 1 aliphatic rings. The van der Waals surface area contributed by atoms with Crippen molar-refractivity contribution < 1.29 is 17.9 Å². The number of hydrogen-bond donors (Lipinski definition) is 1. The second kappa shape index (κ2) is 7.95. The second-order valence-corrected chi connectivity index (χ2v) is 6.44. The first-order chi connectivity index (χ1) is 9.57. The van der Waals surface area contributed by atoms with E-state index in [4.69, 9.17) is 15.2 Å². The number of benzene rings is 1. The van der Waals surface area contributed by atoms with E-state index in [1.807, 2.05) is 6.92 Å². The molecular formula is C13H21ClN2O4S. The largest absolute Gasteiger partial charge is 0.494 e. The van der Waals surface area contributed by atoms with Gasteiger partial charge in [0.15, 0.2) is 0 Å². The molecule has 1 aliphatic heterocycles. The van der Waals surface area contributed by atoms with E-state index in [2.05, 4.69) is 0 Å². The molecule has 2 rings (SSSR count). The van der Waals surface area contributed by atoms with Gasteiger partial charge in [-0.05, 0) is 19.1 Å². The first-order valence-corrected chi connectivity index (χ1v) is 8.06. The van der Waals surface area contributed by atoms with Crippen molar-refractivity contribution in [2.75, 3.05) is 32.8 Å². The molecule has 120 valence electrons. The van der Waals surface area contributed by atoms with Crippen LogP contribution in [0.1, 0.15) is 6.92 Å². The molecule has 6 nitrogen and oxygen atoms in total. The predicted octanol–water partition coefficient (Wildman–Crippen LogP) is 0.855. The monoisotopic (exact) mass is 336 g/mol. The topological polar surface area (TPSA) is 81.9 Å². The lowest BCUT2D eigenvalue weighted by Crippen LogP contribution is -2.48. The SMILES string of the molecule is CCOc1cccc(S(=O)(=O)N2CCOC(CN)C2)c1.Cl. The summed E-state index contributed by atoms with van der Waals surface area (Å²) in [5.41, 5.74) is 5.54. The summed E-state index contributed by atoms with van der Waals surface area (Å²) in [5, 5.41) is 0. The molecule has 0 saturated carbocycles. The number of sulfonamides is 1. The quantitative estimate of drug-likeness (QED) is 0.862. The van der Waals surface area contributed by atoms with E-state index < -0.39 is 10.0 Å². The summed E-state index contributed by atoms with van der Waals surface area (Å²) in [5.74, 6) is 0.553. The van der Waals surface area contributed by atoms with Crippen LogP contribution in [0.4, 0.5) is 0 Å². The van der Waals surface area contributed by atoms with Gasteiger partial charge in [0.05, 0.1) is 24.2 Å². The second-order valence-electron chi connectivity index (χ2n) is 4.50. The predicted molar refractivity (Wildman–Crippen MR) is 82.4 cm³/mol. The number of nitrogens with zero attached hydrogens (tertiary/aromatic N) is 1. The van der Waals surface area contributed by atoms with Gasteiger partial charge in [-0.15, -0.1) is 12.4 Å². The first-order valence-electron chi connectivity index (χ1n) is 6.62. The molecule has 8 heteroatoms. The summed E-state index contributed by atoms with van der Waals surface area (Å²) < 4.78 is 37.3. The van der Waals surface area contributed by atoms with Crippen LogP contribution in [0, 0.1) is 0 Å². The number of nitrogens with two attached hydrogens (primary N) is 1. The van der Waals surface area contributed by atoms with E-state index in [0.29, 0.717) is 32.1 Å². The zero-order valence-electron chi connectivity index (χ0n) is 11.9. The minimum absolute atomic E-state index is 0. The highest BCUT2D eigenvalue weighted by atomic mass is 35.5. The van der Waals surface area contributed by atoms with Gasteiger partial charge >= 0.3 is 0 Å². The lowest BCUT2D eigenvalue weighted by atomic mass is 10.3. The van der Waals surface area contributed by atoms with Gasteiger partial charge in [0, 0.05) is 25.7 Å². The summed E-state index contributed by atoms with van der Waals surface area (Å²) in [6.45, 7) is 3.66. The van der Waals surface area contributed by atoms with Gasteiger partial charge in [-0.25, -0.2) is 8.42 Å².